The summed E-state index contributed by atoms with van der Waals surface area (Å²) in [6.07, 6.45) is 10.3. The van der Waals surface area contributed by atoms with Crippen molar-refractivity contribution in [3.63, 3.8) is 0 Å². The maximum absolute atomic E-state index is 15.5. The molecule has 1 heterocycles. The average Bonchev–Trinajstić information content (AvgIpc) is 3.57. The maximum atomic E-state index is 15.5. The molecule has 3 fully saturated rings. The van der Waals surface area contributed by atoms with Gasteiger partial charge in [0, 0.05) is 23.9 Å². The molecule has 1 aromatic carbocycles. The summed E-state index contributed by atoms with van der Waals surface area (Å²) in [5.41, 5.74) is 0.931. The van der Waals surface area contributed by atoms with Crippen LogP contribution in [0, 0.1) is 23.1 Å². The fourth-order valence-corrected chi connectivity index (χ4v) is 5.44. The van der Waals surface area contributed by atoms with Gasteiger partial charge in [0.2, 0.25) is 6.41 Å². The van der Waals surface area contributed by atoms with Gasteiger partial charge in [-0.3, -0.25) is 14.4 Å². The Morgan fingerprint density at radius 3 is 2.19 bits per heavy atom. The number of ketones is 1. The molecule has 2 aliphatic carbocycles. The molecular formula is C31H47FN2O3. The fraction of sp³-hybridized carbons (Fsp3) is 0.710. The number of likely N-dealkylation sites (tertiary alicyclic amines) is 1. The van der Waals surface area contributed by atoms with Crippen LogP contribution in [0.4, 0.5) is 4.39 Å². The van der Waals surface area contributed by atoms with E-state index in [0.29, 0.717) is 12.1 Å². The Bertz CT molecular complexity index is 959. The van der Waals surface area contributed by atoms with E-state index in [1.54, 1.807) is 17.0 Å². The number of rotatable bonds is 7. The molecule has 2 amide bonds. The van der Waals surface area contributed by atoms with Crippen molar-refractivity contribution in [2.75, 3.05) is 6.54 Å². The van der Waals surface area contributed by atoms with Gasteiger partial charge in [-0.05, 0) is 75.3 Å². The number of hydrogen-bond acceptors (Lipinski definition) is 3. The van der Waals surface area contributed by atoms with Crippen molar-refractivity contribution in [2.24, 2.45) is 17.3 Å². The number of carbonyl (C=O) groups is 3. The molecule has 2 unspecified atom stereocenters. The van der Waals surface area contributed by atoms with Crippen LogP contribution in [0.1, 0.15) is 121 Å². The zero-order chi connectivity index (χ0) is 27.4. The van der Waals surface area contributed by atoms with Crippen LogP contribution in [0.2, 0.25) is 0 Å². The van der Waals surface area contributed by atoms with Gasteiger partial charge in [0.1, 0.15) is 5.82 Å². The van der Waals surface area contributed by atoms with Crippen LogP contribution >= 0.6 is 0 Å². The lowest BCUT2D eigenvalue weighted by molar-refractivity contribution is -0.126. The van der Waals surface area contributed by atoms with Crippen molar-refractivity contribution in [1.29, 1.82) is 0 Å². The molecule has 1 N–H and O–H groups in total. The van der Waals surface area contributed by atoms with Crippen molar-refractivity contribution < 1.29 is 18.8 Å². The highest BCUT2D eigenvalue weighted by Crippen LogP contribution is 2.43. The summed E-state index contributed by atoms with van der Waals surface area (Å²) in [6.45, 7) is 12.7. The van der Waals surface area contributed by atoms with Crippen molar-refractivity contribution in [3.8, 4) is 0 Å². The minimum Gasteiger partial charge on any atom is -0.342 e. The third-order valence-electron chi connectivity index (χ3n) is 8.67. The highest BCUT2D eigenvalue weighted by atomic mass is 19.1. The average molecular weight is 515 g/mol. The number of carbonyl (C=O) groups excluding carboxylic acids is 3. The second-order valence-corrected chi connectivity index (χ2v) is 13.1. The first-order valence-corrected chi connectivity index (χ1v) is 14.2. The molecule has 2 saturated carbocycles. The zero-order valence-electron chi connectivity index (χ0n) is 23.7. The van der Waals surface area contributed by atoms with Crippen LogP contribution in [0.3, 0.4) is 0 Å². The van der Waals surface area contributed by atoms with E-state index in [2.05, 4.69) is 19.2 Å². The molecule has 0 spiro atoms. The normalized spacial score (nSPS) is 23.5. The van der Waals surface area contributed by atoms with Gasteiger partial charge in [0.25, 0.3) is 5.91 Å². The predicted molar refractivity (Wildman–Crippen MR) is 146 cm³/mol. The van der Waals surface area contributed by atoms with Gasteiger partial charge >= 0.3 is 0 Å². The van der Waals surface area contributed by atoms with Gasteiger partial charge in [-0.1, -0.05) is 59.1 Å². The van der Waals surface area contributed by atoms with Crippen LogP contribution in [0.5, 0.6) is 0 Å². The number of amides is 2. The lowest BCUT2D eigenvalue weighted by Gasteiger charge is -2.43. The number of hydrogen-bond donors (Lipinski definition) is 1. The van der Waals surface area contributed by atoms with Crippen LogP contribution in [-0.2, 0) is 9.59 Å². The number of nitrogens with zero attached hydrogens (tertiary/aromatic N) is 1. The second kappa shape index (κ2) is 12.1. The summed E-state index contributed by atoms with van der Waals surface area (Å²) in [4.78, 5) is 39.3. The van der Waals surface area contributed by atoms with Gasteiger partial charge in [0.05, 0.1) is 11.6 Å². The Morgan fingerprint density at radius 1 is 1.03 bits per heavy atom. The lowest BCUT2D eigenvalue weighted by Crippen LogP contribution is -2.49. The van der Waals surface area contributed by atoms with E-state index in [0.717, 1.165) is 56.8 Å². The van der Waals surface area contributed by atoms with Crippen molar-refractivity contribution >= 4 is 18.1 Å². The van der Waals surface area contributed by atoms with E-state index in [1.165, 1.54) is 18.9 Å². The molecule has 1 aliphatic heterocycles. The standard InChI is InChI=1S/C26H37FN2O3.C5H10/c1-17(2)24(31)23(18-9-6-5-7-10-18)28-25(32)21-12-8-11-20(22(21)27)19-13-14-26(3,4)29(15-19)16-30;1-5(2)3-4-5/h8,11-12,16-19,23H,5-7,9-10,13-15H2,1-4H3,(H,28,32);3-4H2,1-2H3. The quantitative estimate of drug-likeness (QED) is 0.414. The third kappa shape index (κ3) is 7.64. The highest BCUT2D eigenvalue weighted by Gasteiger charge is 2.36. The Labute approximate surface area is 223 Å². The molecule has 206 valence electrons. The summed E-state index contributed by atoms with van der Waals surface area (Å²) in [7, 11) is 0. The van der Waals surface area contributed by atoms with Crippen molar-refractivity contribution in [3.05, 3.63) is 35.1 Å². The van der Waals surface area contributed by atoms with Gasteiger partial charge < -0.3 is 10.2 Å². The van der Waals surface area contributed by atoms with E-state index in [1.807, 2.05) is 27.7 Å². The minimum atomic E-state index is -0.577. The SMILES string of the molecule is CC(C)C(=O)C(NC(=O)c1cccc(C2CCC(C)(C)N(C=O)C2)c1F)C1CCCCC1.CC1(C)CC1. The molecular weight excluding hydrogens is 467 g/mol. The van der Waals surface area contributed by atoms with E-state index >= 15 is 4.39 Å². The summed E-state index contributed by atoms with van der Waals surface area (Å²) >= 11 is 0. The Balaban J connectivity index is 0.000000678. The fourth-order valence-electron chi connectivity index (χ4n) is 5.44. The highest BCUT2D eigenvalue weighted by molar-refractivity contribution is 5.98. The summed E-state index contributed by atoms with van der Waals surface area (Å²) in [6, 6.07) is 4.30. The first-order chi connectivity index (χ1) is 17.4. The molecule has 3 aliphatic rings. The van der Waals surface area contributed by atoms with Gasteiger partial charge in [-0.25, -0.2) is 4.39 Å². The topological polar surface area (TPSA) is 66.5 Å². The third-order valence-corrected chi connectivity index (χ3v) is 8.67. The number of piperidine rings is 1. The zero-order valence-corrected chi connectivity index (χ0v) is 23.7. The first-order valence-electron chi connectivity index (χ1n) is 14.2. The molecule has 5 nitrogen and oxygen atoms in total. The van der Waals surface area contributed by atoms with E-state index < -0.39 is 17.8 Å². The number of nitrogens with one attached hydrogen (secondary N) is 1. The molecule has 2 atom stereocenters. The molecule has 0 bridgehead atoms. The van der Waals surface area contributed by atoms with Gasteiger partial charge in [-0.2, -0.15) is 0 Å². The molecule has 1 aromatic rings. The molecule has 4 rings (SSSR count). The molecule has 0 aromatic heterocycles. The van der Waals surface area contributed by atoms with Crippen molar-refractivity contribution in [2.45, 2.75) is 117 Å². The Kier molecular flexibility index (Phi) is 9.57. The molecule has 6 heteroatoms. The van der Waals surface area contributed by atoms with Crippen LogP contribution in [-0.4, -0.2) is 41.1 Å². The number of benzene rings is 1. The maximum Gasteiger partial charge on any atom is 0.254 e. The Hall–Kier alpha value is -2.24. The summed E-state index contributed by atoms with van der Waals surface area (Å²) in [5.74, 6) is -1.31. The first kappa shape index (κ1) is 29.3. The van der Waals surface area contributed by atoms with Crippen LogP contribution in [0.15, 0.2) is 18.2 Å². The molecule has 37 heavy (non-hydrogen) atoms. The monoisotopic (exact) mass is 514 g/mol. The smallest absolute Gasteiger partial charge is 0.254 e. The predicted octanol–water partition coefficient (Wildman–Crippen LogP) is 6.65. The van der Waals surface area contributed by atoms with Gasteiger partial charge in [0.15, 0.2) is 5.78 Å². The number of Topliss-reactive ketones (excluding diaryl/α,β-unsaturated/α-hetero) is 1. The lowest BCUT2D eigenvalue weighted by atomic mass is 9.80. The largest absolute Gasteiger partial charge is 0.342 e. The minimum absolute atomic E-state index is 0.0120. The van der Waals surface area contributed by atoms with E-state index in [-0.39, 0.29) is 34.6 Å². The molecule has 1 saturated heterocycles. The van der Waals surface area contributed by atoms with Crippen molar-refractivity contribution in [1.82, 2.24) is 10.2 Å². The van der Waals surface area contributed by atoms with E-state index in [9.17, 15) is 14.4 Å². The van der Waals surface area contributed by atoms with E-state index in [4.69, 9.17) is 0 Å². The van der Waals surface area contributed by atoms with Crippen LogP contribution in [0.25, 0.3) is 0 Å². The summed E-state index contributed by atoms with van der Waals surface area (Å²) < 4.78 is 15.5. The molecule has 0 radical (unpaired) electrons. The van der Waals surface area contributed by atoms with Crippen LogP contribution < -0.4 is 5.32 Å². The van der Waals surface area contributed by atoms with Gasteiger partial charge in [-0.15, -0.1) is 0 Å². The summed E-state index contributed by atoms with van der Waals surface area (Å²) in [5, 5.41) is 2.89. The number of halogens is 1. The second-order valence-electron chi connectivity index (χ2n) is 13.1. The Morgan fingerprint density at radius 2 is 1.65 bits per heavy atom.